The summed E-state index contributed by atoms with van der Waals surface area (Å²) in [7, 11) is 1.82. The average molecular weight is 281 g/mol. The van der Waals surface area contributed by atoms with Gasteiger partial charge in [-0.1, -0.05) is 24.3 Å². The smallest absolute Gasteiger partial charge is 0.122 e. The molecule has 1 aromatic carbocycles. The first-order chi connectivity index (χ1) is 7.61. The SMILES string of the molecule is Cc1ccccc1C(O)c1c(Br)cnn1C. The predicted octanol–water partition coefficient (Wildman–Crippen LogP) is 2.57. The van der Waals surface area contributed by atoms with E-state index < -0.39 is 6.10 Å². The van der Waals surface area contributed by atoms with E-state index in [4.69, 9.17) is 0 Å². The summed E-state index contributed by atoms with van der Waals surface area (Å²) in [5.74, 6) is 0. The quantitative estimate of drug-likeness (QED) is 0.918. The molecule has 0 saturated carbocycles. The molecule has 0 saturated heterocycles. The molecule has 0 spiro atoms. The lowest BCUT2D eigenvalue weighted by atomic mass is 10.0. The van der Waals surface area contributed by atoms with Gasteiger partial charge in [-0.15, -0.1) is 0 Å². The molecule has 84 valence electrons. The highest BCUT2D eigenvalue weighted by Gasteiger charge is 2.19. The normalized spacial score (nSPS) is 12.8. The second-order valence-corrected chi connectivity index (χ2v) is 4.61. The van der Waals surface area contributed by atoms with E-state index >= 15 is 0 Å². The third kappa shape index (κ3) is 1.90. The van der Waals surface area contributed by atoms with Gasteiger partial charge in [0.1, 0.15) is 6.10 Å². The Morgan fingerprint density at radius 1 is 1.38 bits per heavy atom. The molecule has 16 heavy (non-hydrogen) atoms. The fourth-order valence-electron chi connectivity index (χ4n) is 1.77. The fourth-order valence-corrected chi connectivity index (χ4v) is 2.33. The summed E-state index contributed by atoms with van der Waals surface area (Å²) < 4.78 is 2.51. The van der Waals surface area contributed by atoms with Crippen LogP contribution in [0.2, 0.25) is 0 Å². The van der Waals surface area contributed by atoms with Crippen molar-refractivity contribution in [2.24, 2.45) is 7.05 Å². The number of hydrogen-bond donors (Lipinski definition) is 1. The molecule has 0 aliphatic rings. The van der Waals surface area contributed by atoms with E-state index in [0.717, 1.165) is 21.3 Å². The van der Waals surface area contributed by atoms with Crippen molar-refractivity contribution in [3.63, 3.8) is 0 Å². The number of aryl methyl sites for hydroxylation is 2. The Kier molecular flexibility index (Phi) is 3.12. The molecule has 0 bridgehead atoms. The Morgan fingerprint density at radius 2 is 2.06 bits per heavy atom. The molecule has 1 atom stereocenters. The van der Waals surface area contributed by atoms with Crippen molar-refractivity contribution in [3.05, 3.63) is 51.8 Å². The zero-order valence-electron chi connectivity index (χ0n) is 9.18. The number of aliphatic hydroxyl groups excluding tert-OH is 1. The number of halogens is 1. The third-order valence-corrected chi connectivity index (χ3v) is 3.29. The Balaban J connectivity index is 2.47. The van der Waals surface area contributed by atoms with E-state index in [2.05, 4.69) is 21.0 Å². The molecule has 2 rings (SSSR count). The molecule has 1 N–H and O–H groups in total. The van der Waals surface area contributed by atoms with Crippen molar-refractivity contribution in [2.75, 3.05) is 0 Å². The van der Waals surface area contributed by atoms with Crippen LogP contribution in [0.3, 0.4) is 0 Å². The van der Waals surface area contributed by atoms with Crippen molar-refractivity contribution in [1.82, 2.24) is 9.78 Å². The van der Waals surface area contributed by atoms with E-state index in [9.17, 15) is 5.11 Å². The van der Waals surface area contributed by atoms with Gasteiger partial charge in [0.25, 0.3) is 0 Å². The van der Waals surface area contributed by atoms with Crippen molar-refractivity contribution in [3.8, 4) is 0 Å². The van der Waals surface area contributed by atoms with Crippen LogP contribution in [0.25, 0.3) is 0 Å². The zero-order valence-corrected chi connectivity index (χ0v) is 10.8. The van der Waals surface area contributed by atoms with Crippen LogP contribution in [0.1, 0.15) is 22.9 Å². The lowest BCUT2D eigenvalue weighted by molar-refractivity contribution is 0.208. The van der Waals surface area contributed by atoms with E-state index in [1.165, 1.54) is 0 Å². The molecule has 1 unspecified atom stereocenters. The summed E-state index contributed by atoms with van der Waals surface area (Å²) in [6.45, 7) is 1.99. The number of nitrogens with zero attached hydrogens (tertiary/aromatic N) is 2. The predicted molar refractivity (Wildman–Crippen MR) is 66.1 cm³/mol. The first kappa shape index (κ1) is 11.4. The summed E-state index contributed by atoms with van der Waals surface area (Å²) in [6.07, 6.45) is 1.04. The number of benzene rings is 1. The van der Waals surface area contributed by atoms with Crippen LogP contribution in [-0.4, -0.2) is 14.9 Å². The largest absolute Gasteiger partial charge is 0.382 e. The van der Waals surface area contributed by atoms with Crippen molar-refractivity contribution >= 4 is 15.9 Å². The van der Waals surface area contributed by atoms with Crippen LogP contribution in [-0.2, 0) is 7.05 Å². The highest BCUT2D eigenvalue weighted by atomic mass is 79.9. The monoisotopic (exact) mass is 280 g/mol. The molecule has 0 aliphatic carbocycles. The highest BCUT2D eigenvalue weighted by molar-refractivity contribution is 9.10. The van der Waals surface area contributed by atoms with Gasteiger partial charge < -0.3 is 5.11 Å². The van der Waals surface area contributed by atoms with Crippen LogP contribution in [0.15, 0.2) is 34.9 Å². The van der Waals surface area contributed by atoms with Gasteiger partial charge in [-0.2, -0.15) is 5.10 Å². The van der Waals surface area contributed by atoms with E-state index in [0.29, 0.717) is 0 Å². The van der Waals surface area contributed by atoms with Crippen LogP contribution in [0.5, 0.6) is 0 Å². The molecular weight excluding hydrogens is 268 g/mol. The van der Waals surface area contributed by atoms with E-state index in [-0.39, 0.29) is 0 Å². The summed E-state index contributed by atoms with van der Waals surface area (Å²) in [5, 5.41) is 14.4. The maximum absolute atomic E-state index is 10.3. The molecule has 3 nitrogen and oxygen atoms in total. The van der Waals surface area contributed by atoms with Gasteiger partial charge in [0.2, 0.25) is 0 Å². The molecule has 2 aromatic rings. The molecule has 1 aromatic heterocycles. The Hall–Kier alpha value is -1.13. The van der Waals surface area contributed by atoms with Gasteiger partial charge in [0, 0.05) is 7.05 Å². The minimum absolute atomic E-state index is 0.650. The topological polar surface area (TPSA) is 38.1 Å². The van der Waals surface area contributed by atoms with E-state index in [1.807, 2.05) is 38.2 Å². The van der Waals surface area contributed by atoms with Gasteiger partial charge >= 0.3 is 0 Å². The Bertz CT molecular complexity index is 488. The van der Waals surface area contributed by atoms with Gasteiger partial charge in [-0.25, -0.2) is 0 Å². The lowest BCUT2D eigenvalue weighted by Gasteiger charge is -2.14. The van der Waals surface area contributed by atoms with Crippen LogP contribution in [0.4, 0.5) is 0 Å². The fraction of sp³-hybridized carbons (Fsp3) is 0.250. The summed E-state index contributed by atoms with van der Waals surface area (Å²) in [5.41, 5.74) is 2.75. The van der Waals surface area contributed by atoms with Crippen molar-refractivity contribution < 1.29 is 5.11 Å². The molecule has 0 aliphatic heterocycles. The molecular formula is C12H13BrN2O. The molecule has 4 heteroatoms. The Morgan fingerprint density at radius 3 is 2.62 bits per heavy atom. The van der Waals surface area contributed by atoms with Crippen molar-refractivity contribution in [2.45, 2.75) is 13.0 Å². The first-order valence-electron chi connectivity index (χ1n) is 5.02. The average Bonchev–Trinajstić information content (AvgIpc) is 2.58. The lowest BCUT2D eigenvalue weighted by Crippen LogP contribution is -2.08. The van der Waals surface area contributed by atoms with Crippen LogP contribution >= 0.6 is 15.9 Å². The maximum Gasteiger partial charge on any atom is 0.122 e. The maximum atomic E-state index is 10.3. The highest BCUT2D eigenvalue weighted by Crippen LogP contribution is 2.29. The minimum atomic E-state index is -0.650. The van der Waals surface area contributed by atoms with Gasteiger partial charge in [0.05, 0.1) is 16.4 Å². The minimum Gasteiger partial charge on any atom is -0.382 e. The summed E-state index contributed by atoms with van der Waals surface area (Å²) in [4.78, 5) is 0. The van der Waals surface area contributed by atoms with Gasteiger partial charge in [-0.05, 0) is 34.0 Å². The molecule has 0 fully saturated rings. The molecule has 1 heterocycles. The number of hydrogen-bond acceptors (Lipinski definition) is 2. The zero-order chi connectivity index (χ0) is 11.7. The number of aromatic nitrogens is 2. The second kappa shape index (κ2) is 4.39. The summed E-state index contributed by atoms with van der Waals surface area (Å²) >= 11 is 3.40. The first-order valence-corrected chi connectivity index (χ1v) is 5.81. The summed E-state index contributed by atoms with van der Waals surface area (Å²) in [6, 6.07) is 7.81. The second-order valence-electron chi connectivity index (χ2n) is 3.76. The molecule has 0 amide bonds. The number of aliphatic hydroxyl groups is 1. The van der Waals surface area contributed by atoms with Crippen LogP contribution in [0, 0.1) is 6.92 Å². The van der Waals surface area contributed by atoms with Gasteiger partial charge in [0.15, 0.2) is 0 Å². The standard InChI is InChI=1S/C12H13BrN2O/c1-8-5-3-4-6-9(8)12(16)11-10(13)7-14-15(11)2/h3-7,12,16H,1-2H3. The molecule has 0 radical (unpaired) electrons. The number of rotatable bonds is 2. The van der Waals surface area contributed by atoms with Crippen LogP contribution < -0.4 is 0 Å². The van der Waals surface area contributed by atoms with E-state index in [1.54, 1.807) is 10.9 Å². The third-order valence-electron chi connectivity index (χ3n) is 2.68. The Labute approximate surface area is 103 Å². The van der Waals surface area contributed by atoms with Gasteiger partial charge in [-0.3, -0.25) is 4.68 Å². The van der Waals surface area contributed by atoms with Crippen molar-refractivity contribution in [1.29, 1.82) is 0 Å².